The lowest BCUT2D eigenvalue weighted by Crippen LogP contribution is -2.23. The molecule has 2 rings (SSSR count). The number of carbonyl (C=O) groups excluding carboxylic acids is 1. The molecule has 0 aliphatic carbocycles. The minimum atomic E-state index is -3.85. The third kappa shape index (κ3) is 4.12. The Morgan fingerprint density at radius 1 is 1.08 bits per heavy atom. The van der Waals surface area contributed by atoms with Gasteiger partial charge in [0.05, 0.1) is 7.11 Å². The Balaban J connectivity index is 2.41. The monoisotopic (exact) mass is 370 g/mol. The van der Waals surface area contributed by atoms with Crippen molar-refractivity contribution in [2.75, 3.05) is 26.5 Å². The van der Waals surface area contributed by atoms with Gasteiger partial charge in [0.2, 0.25) is 10.0 Å². The average Bonchev–Trinajstić information content (AvgIpc) is 2.52. The van der Waals surface area contributed by atoms with Gasteiger partial charge in [0, 0.05) is 31.4 Å². The van der Waals surface area contributed by atoms with Gasteiger partial charge in [-0.15, -0.1) is 0 Å². The second-order valence-corrected chi connectivity index (χ2v) is 7.39. The summed E-state index contributed by atoms with van der Waals surface area (Å²) in [6.07, 6.45) is 0. The van der Waals surface area contributed by atoms with E-state index in [2.05, 4.69) is 5.32 Å². The summed E-state index contributed by atoms with van der Waals surface area (Å²) in [7, 11) is 0.140. The third-order valence-electron chi connectivity index (χ3n) is 3.30. The SMILES string of the molecule is COc1ccc(C(=O)Nc2cc(F)cc(F)c2)cc1S(=O)(=O)N(C)C. The molecule has 0 unspecified atom stereocenters. The number of methoxy groups -OCH3 is 1. The molecule has 0 heterocycles. The summed E-state index contributed by atoms with van der Waals surface area (Å²) >= 11 is 0. The molecule has 0 saturated heterocycles. The molecule has 0 bridgehead atoms. The van der Waals surface area contributed by atoms with E-state index in [-0.39, 0.29) is 21.9 Å². The number of carbonyl (C=O) groups is 1. The maximum Gasteiger partial charge on any atom is 0.255 e. The highest BCUT2D eigenvalue weighted by molar-refractivity contribution is 7.89. The molecule has 25 heavy (non-hydrogen) atoms. The van der Waals surface area contributed by atoms with Gasteiger partial charge in [-0.25, -0.2) is 21.5 Å². The van der Waals surface area contributed by atoms with Crippen molar-refractivity contribution in [3.05, 3.63) is 53.6 Å². The molecule has 6 nitrogen and oxygen atoms in total. The number of hydrogen-bond acceptors (Lipinski definition) is 4. The number of sulfonamides is 1. The lowest BCUT2D eigenvalue weighted by Gasteiger charge is -2.15. The first-order valence-electron chi connectivity index (χ1n) is 7.03. The summed E-state index contributed by atoms with van der Waals surface area (Å²) in [4.78, 5) is 12.1. The van der Waals surface area contributed by atoms with Crippen LogP contribution >= 0.6 is 0 Å². The molecule has 0 spiro atoms. The highest BCUT2D eigenvalue weighted by Crippen LogP contribution is 2.27. The predicted molar refractivity (Wildman–Crippen MR) is 88.2 cm³/mol. The summed E-state index contributed by atoms with van der Waals surface area (Å²) in [6, 6.07) is 6.38. The first-order chi connectivity index (χ1) is 11.6. The van der Waals surface area contributed by atoms with E-state index < -0.39 is 27.6 Å². The molecular weight excluding hydrogens is 354 g/mol. The maximum absolute atomic E-state index is 13.2. The number of rotatable bonds is 5. The van der Waals surface area contributed by atoms with Gasteiger partial charge in [-0.2, -0.15) is 0 Å². The molecule has 1 N–H and O–H groups in total. The van der Waals surface area contributed by atoms with E-state index in [1.165, 1.54) is 33.3 Å². The fraction of sp³-hybridized carbons (Fsp3) is 0.188. The van der Waals surface area contributed by atoms with Gasteiger partial charge in [-0.3, -0.25) is 4.79 Å². The topological polar surface area (TPSA) is 75.7 Å². The molecule has 0 aliphatic heterocycles. The summed E-state index contributed by atoms with van der Waals surface area (Å²) < 4.78 is 57.1. The summed E-state index contributed by atoms with van der Waals surface area (Å²) in [5, 5.41) is 2.32. The molecule has 134 valence electrons. The highest BCUT2D eigenvalue weighted by Gasteiger charge is 2.24. The van der Waals surface area contributed by atoms with E-state index in [9.17, 15) is 22.0 Å². The first-order valence-corrected chi connectivity index (χ1v) is 8.47. The van der Waals surface area contributed by atoms with E-state index in [4.69, 9.17) is 4.74 Å². The van der Waals surface area contributed by atoms with Crippen LogP contribution in [0.2, 0.25) is 0 Å². The van der Waals surface area contributed by atoms with Crippen LogP contribution in [0.4, 0.5) is 14.5 Å². The number of nitrogens with zero attached hydrogens (tertiary/aromatic N) is 1. The van der Waals surface area contributed by atoms with Crippen LogP contribution in [0, 0.1) is 11.6 Å². The second kappa shape index (κ2) is 7.16. The van der Waals surface area contributed by atoms with Crippen LogP contribution in [-0.2, 0) is 10.0 Å². The standard InChI is InChI=1S/C16H16F2N2O4S/c1-20(2)25(22,23)15-6-10(4-5-14(15)24-3)16(21)19-13-8-11(17)7-12(18)9-13/h4-9H,1-3H3,(H,19,21). The van der Waals surface area contributed by atoms with E-state index in [0.717, 1.165) is 22.5 Å². The Kier molecular flexibility index (Phi) is 5.39. The lowest BCUT2D eigenvalue weighted by atomic mass is 10.2. The smallest absolute Gasteiger partial charge is 0.255 e. The summed E-state index contributed by atoms with van der Waals surface area (Å²) in [5.41, 5.74) is -0.0961. The number of anilines is 1. The minimum absolute atomic E-state index is 0.00843. The van der Waals surface area contributed by atoms with Gasteiger partial charge < -0.3 is 10.1 Å². The van der Waals surface area contributed by atoms with Crippen molar-refractivity contribution < 1.29 is 26.7 Å². The Morgan fingerprint density at radius 2 is 1.68 bits per heavy atom. The van der Waals surface area contributed by atoms with Crippen molar-refractivity contribution in [2.45, 2.75) is 4.90 Å². The summed E-state index contributed by atoms with van der Waals surface area (Å²) in [6.45, 7) is 0. The van der Waals surface area contributed by atoms with Crippen LogP contribution < -0.4 is 10.1 Å². The fourth-order valence-electron chi connectivity index (χ4n) is 2.05. The first kappa shape index (κ1) is 18.8. The molecule has 0 saturated carbocycles. The second-order valence-electron chi connectivity index (χ2n) is 5.27. The Bertz CT molecular complexity index is 894. The van der Waals surface area contributed by atoms with Crippen molar-refractivity contribution in [1.82, 2.24) is 4.31 Å². The Hall–Kier alpha value is -2.52. The fourth-order valence-corrected chi connectivity index (χ4v) is 3.12. The quantitative estimate of drug-likeness (QED) is 0.877. The van der Waals surface area contributed by atoms with Crippen LogP contribution in [0.1, 0.15) is 10.4 Å². The molecule has 0 radical (unpaired) electrons. The number of amides is 1. The largest absolute Gasteiger partial charge is 0.495 e. The number of benzene rings is 2. The van der Waals surface area contributed by atoms with Crippen molar-refractivity contribution in [3.8, 4) is 5.75 Å². The van der Waals surface area contributed by atoms with Gasteiger partial charge in [0.1, 0.15) is 22.3 Å². The zero-order valence-electron chi connectivity index (χ0n) is 13.7. The van der Waals surface area contributed by atoms with E-state index in [1.54, 1.807) is 0 Å². The molecule has 0 aliphatic rings. The van der Waals surface area contributed by atoms with E-state index in [1.807, 2.05) is 0 Å². The lowest BCUT2D eigenvalue weighted by molar-refractivity contribution is 0.102. The normalized spacial score (nSPS) is 11.4. The van der Waals surface area contributed by atoms with Gasteiger partial charge >= 0.3 is 0 Å². The number of hydrogen-bond donors (Lipinski definition) is 1. The molecule has 9 heteroatoms. The zero-order chi connectivity index (χ0) is 18.8. The van der Waals surface area contributed by atoms with Crippen molar-refractivity contribution in [2.24, 2.45) is 0 Å². The van der Waals surface area contributed by atoms with Crippen molar-refractivity contribution in [3.63, 3.8) is 0 Å². The van der Waals surface area contributed by atoms with Gasteiger partial charge in [-0.05, 0) is 30.3 Å². The minimum Gasteiger partial charge on any atom is -0.495 e. The van der Waals surface area contributed by atoms with E-state index >= 15 is 0 Å². The maximum atomic E-state index is 13.2. The molecule has 0 fully saturated rings. The number of nitrogens with one attached hydrogen (secondary N) is 1. The molecule has 0 aromatic heterocycles. The van der Waals surface area contributed by atoms with Crippen LogP contribution in [-0.4, -0.2) is 39.8 Å². The van der Waals surface area contributed by atoms with Gasteiger partial charge in [0.15, 0.2) is 0 Å². The predicted octanol–water partition coefficient (Wildman–Crippen LogP) is 2.48. The van der Waals surface area contributed by atoms with Crippen LogP contribution in [0.5, 0.6) is 5.75 Å². The molecule has 1 amide bonds. The van der Waals surface area contributed by atoms with Gasteiger partial charge in [-0.1, -0.05) is 0 Å². The molecular formula is C16H16F2N2O4S. The average molecular weight is 370 g/mol. The molecule has 2 aromatic rings. The van der Waals surface area contributed by atoms with Gasteiger partial charge in [0.25, 0.3) is 5.91 Å². The van der Waals surface area contributed by atoms with Crippen LogP contribution in [0.15, 0.2) is 41.3 Å². The van der Waals surface area contributed by atoms with Crippen LogP contribution in [0.25, 0.3) is 0 Å². The van der Waals surface area contributed by atoms with Crippen molar-refractivity contribution >= 4 is 21.6 Å². The molecule has 2 aromatic carbocycles. The number of halogens is 2. The third-order valence-corrected chi connectivity index (χ3v) is 5.14. The summed E-state index contributed by atoms with van der Waals surface area (Å²) in [5.74, 6) is -2.34. The Morgan fingerprint density at radius 3 is 2.20 bits per heavy atom. The molecule has 0 atom stereocenters. The zero-order valence-corrected chi connectivity index (χ0v) is 14.5. The van der Waals surface area contributed by atoms with E-state index in [0.29, 0.717) is 6.07 Å². The van der Waals surface area contributed by atoms with Crippen molar-refractivity contribution in [1.29, 1.82) is 0 Å². The van der Waals surface area contributed by atoms with Crippen LogP contribution in [0.3, 0.4) is 0 Å². The Labute approximate surface area is 144 Å². The highest BCUT2D eigenvalue weighted by atomic mass is 32.2. The number of ether oxygens (including phenoxy) is 1.